The van der Waals surface area contributed by atoms with Crippen molar-refractivity contribution >= 4 is 5.82 Å². The Hall–Kier alpha value is -2.69. The van der Waals surface area contributed by atoms with E-state index in [9.17, 15) is 0 Å². The second kappa shape index (κ2) is 5.52. The molecule has 1 N–H and O–H groups in total. The van der Waals surface area contributed by atoms with Gasteiger partial charge in [-0.3, -0.25) is 0 Å². The van der Waals surface area contributed by atoms with Gasteiger partial charge < -0.3 is 9.88 Å². The van der Waals surface area contributed by atoms with Crippen molar-refractivity contribution in [2.45, 2.75) is 13.5 Å². The molecule has 100 valence electrons. The molecule has 2 aromatic heterocycles. The zero-order chi connectivity index (χ0) is 13.8. The van der Waals surface area contributed by atoms with Gasteiger partial charge in [0, 0.05) is 36.4 Å². The summed E-state index contributed by atoms with van der Waals surface area (Å²) < 4.78 is 1.98. The summed E-state index contributed by atoms with van der Waals surface area (Å²) in [6, 6.07) is 10.3. The second-order valence-corrected chi connectivity index (χ2v) is 4.53. The van der Waals surface area contributed by atoms with E-state index in [2.05, 4.69) is 44.5 Å². The maximum atomic E-state index is 4.18. The van der Waals surface area contributed by atoms with Gasteiger partial charge in [-0.1, -0.05) is 12.1 Å². The molecule has 0 aliphatic carbocycles. The molecule has 0 radical (unpaired) electrons. The van der Waals surface area contributed by atoms with Gasteiger partial charge in [0.05, 0.1) is 6.33 Å². The van der Waals surface area contributed by atoms with Gasteiger partial charge in [0.2, 0.25) is 0 Å². The van der Waals surface area contributed by atoms with Crippen molar-refractivity contribution in [2.75, 3.05) is 5.32 Å². The Morgan fingerprint density at radius 1 is 1.15 bits per heavy atom. The molecule has 0 saturated heterocycles. The molecule has 20 heavy (non-hydrogen) atoms. The van der Waals surface area contributed by atoms with Crippen LogP contribution in [0.2, 0.25) is 0 Å². The van der Waals surface area contributed by atoms with Crippen LogP contribution in [0.3, 0.4) is 0 Å². The van der Waals surface area contributed by atoms with Crippen LogP contribution < -0.4 is 5.32 Å². The molecule has 3 rings (SSSR count). The molecule has 0 aliphatic heterocycles. The largest absolute Gasteiger partial charge is 0.366 e. The number of aryl methyl sites for hydroxylation is 1. The number of hydrogen-bond acceptors (Lipinski definition) is 4. The minimum absolute atomic E-state index is 0.737. The average molecular weight is 265 g/mol. The Morgan fingerprint density at radius 3 is 2.70 bits per heavy atom. The summed E-state index contributed by atoms with van der Waals surface area (Å²) in [7, 11) is 0. The zero-order valence-electron chi connectivity index (χ0n) is 11.2. The predicted octanol–water partition coefficient (Wildman–Crippen LogP) is 2.58. The lowest BCUT2D eigenvalue weighted by molar-refractivity contribution is 1.04. The standard InChI is InChI=1S/C15H15N5/c1-12-8-15(19-10-18-12)17-9-13-2-4-14(5-3-13)20-7-6-16-11-20/h2-8,10-11H,9H2,1H3,(H,17,18,19). The normalized spacial score (nSPS) is 10.4. The Balaban J connectivity index is 1.67. The average Bonchev–Trinajstić information content (AvgIpc) is 3.00. The summed E-state index contributed by atoms with van der Waals surface area (Å²) in [5.74, 6) is 0.844. The Labute approximate surface area is 117 Å². The number of aromatic nitrogens is 4. The van der Waals surface area contributed by atoms with Crippen LogP contribution in [0.4, 0.5) is 5.82 Å². The topological polar surface area (TPSA) is 55.6 Å². The fourth-order valence-corrected chi connectivity index (χ4v) is 1.94. The Morgan fingerprint density at radius 2 is 2.00 bits per heavy atom. The van der Waals surface area contributed by atoms with Gasteiger partial charge in [0.15, 0.2) is 0 Å². The molecule has 0 atom stereocenters. The van der Waals surface area contributed by atoms with Crippen LogP contribution in [0.15, 0.2) is 55.4 Å². The lowest BCUT2D eigenvalue weighted by Gasteiger charge is -2.07. The van der Waals surface area contributed by atoms with E-state index in [0.717, 1.165) is 23.7 Å². The van der Waals surface area contributed by atoms with Gasteiger partial charge in [-0.15, -0.1) is 0 Å². The third kappa shape index (κ3) is 2.83. The molecule has 0 bridgehead atoms. The summed E-state index contributed by atoms with van der Waals surface area (Å²) in [5.41, 5.74) is 3.26. The summed E-state index contributed by atoms with van der Waals surface area (Å²) in [6.07, 6.45) is 7.06. The molecule has 0 saturated carbocycles. The molecule has 3 aromatic rings. The van der Waals surface area contributed by atoms with Gasteiger partial charge in [0.25, 0.3) is 0 Å². The molecular weight excluding hydrogens is 250 g/mol. The minimum atomic E-state index is 0.737. The first-order valence-electron chi connectivity index (χ1n) is 6.41. The lowest BCUT2D eigenvalue weighted by Crippen LogP contribution is -2.02. The Bertz CT molecular complexity index is 674. The quantitative estimate of drug-likeness (QED) is 0.787. The van der Waals surface area contributed by atoms with E-state index < -0.39 is 0 Å². The molecule has 0 unspecified atom stereocenters. The van der Waals surface area contributed by atoms with Crippen molar-refractivity contribution in [3.8, 4) is 5.69 Å². The second-order valence-electron chi connectivity index (χ2n) is 4.53. The molecule has 0 aliphatic rings. The van der Waals surface area contributed by atoms with Crippen LogP contribution >= 0.6 is 0 Å². The first-order valence-corrected chi connectivity index (χ1v) is 6.41. The van der Waals surface area contributed by atoms with Crippen LogP contribution in [-0.4, -0.2) is 19.5 Å². The van der Waals surface area contributed by atoms with Gasteiger partial charge in [-0.25, -0.2) is 15.0 Å². The van der Waals surface area contributed by atoms with Crippen LogP contribution in [0, 0.1) is 6.92 Å². The maximum Gasteiger partial charge on any atom is 0.129 e. The van der Waals surface area contributed by atoms with Crippen molar-refractivity contribution in [3.63, 3.8) is 0 Å². The number of rotatable bonds is 4. The highest BCUT2D eigenvalue weighted by molar-refractivity contribution is 5.38. The van der Waals surface area contributed by atoms with Gasteiger partial charge >= 0.3 is 0 Å². The minimum Gasteiger partial charge on any atom is -0.366 e. The van der Waals surface area contributed by atoms with Crippen molar-refractivity contribution in [2.24, 2.45) is 0 Å². The van der Waals surface area contributed by atoms with Crippen LogP contribution in [0.5, 0.6) is 0 Å². The number of benzene rings is 1. The molecule has 2 heterocycles. The summed E-state index contributed by atoms with van der Waals surface area (Å²) in [5, 5.41) is 3.29. The van der Waals surface area contributed by atoms with Gasteiger partial charge in [0.1, 0.15) is 12.1 Å². The van der Waals surface area contributed by atoms with Crippen molar-refractivity contribution in [1.29, 1.82) is 0 Å². The van der Waals surface area contributed by atoms with E-state index in [-0.39, 0.29) is 0 Å². The molecule has 1 aromatic carbocycles. The summed E-state index contributed by atoms with van der Waals surface area (Å²) in [6.45, 7) is 2.69. The fourth-order valence-electron chi connectivity index (χ4n) is 1.94. The molecule has 5 nitrogen and oxygen atoms in total. The smallest absolute Gasteiger partial charge is 0.129 e. The van der Waals surface area contributed by atoms with E-state index in [4.69, 9.17) is 0 Å². The van der Waals surface area contributed by atoms with Crippen LogP contribution in [0.25, 0.3) is 5.69 Å². The van der Waals surface area contributed by atoms with E-state index in [1.165, 1.54) is 5.56 Å². The highest BCUT2D eigenvalue weighted by Gasteiger charge is 1.98. The van der Waals surface area contributed by atoms with E-state index in [1.54, 1.807) is 18.9 Å². The van der Waals surface area contributed by atoms with Gasteiger partial charge in [-0.05, 0) is 24.6 Å². The summed E-state index contributed by atoms with van der Waals surface area (Å²) in [4.78, 5) is 12.3. The number of imidazole rings is 1. The van der Waals surface area contributed by atoms with Crippen LogP contribution in [-0.2, 0) is 6.54 Å². The highest BCUT2D eigenvalue weighted by Crippen LogP contribution is 2.11. The third-order valence-corrected chi connectivity index (χ3v) is 3.02. The van der Waals surface area contributed by atoms with Crippen LogP contribution in [0.1, 0.15) is 11.3 Å². The van der Waals surface area contributed by atoms with Gasteiger partial charge in [-0.2, -0.15) is 0 Å². The fraction of sp³-hybridized carbons (Fsp3) is 0.133. The Kier molecular flexibility index (Phi) is 3.41. The molecule has 0 amide bonds. The molecule has 0 spiro atoms. The highest BCUT2D eigenvalue weighted by atomic mass is 15.0. The first-order chi connectivity index (χ1) is 9.81. The third-order valence-electron chi connectivity index (χ3n) is 3.02. The SMILES string of the molecule is Cc1cc(NCc2ccc(-n3ccnc3)cc2)ncn1. The zero-order valence-corrected chi connectivity index (χ0v) is 11.2. The van der Waals surface area contributed by atoms with E-state index in [0.29, 0.717) is 0 Å². The van der Waals surface area contributed by atoms with Crippen molar-refractivity contribution < 1.29 is 0 Å². The van der Waals surface area contributed by atoms with E-state index >= 15 is 0 Å². The lowest BCUT2D eigenvalue weighted by atomic mass is 10.2. The molecule has 0 fully saturated rings. The number of hydrogen-bond donors (Lipinski definition) is 1. The number of anilines is 1. The predicted molar refractivity (Wildman–Crippen MR) is 77.7 cm³/mol. The van der Waals surface area contributed by atoms with Crippen molar-refractivity contribution in [1.82, 2.24) is 19.5 Å². The monoisotopic (exact) mass is 265 g/mol. The maximum absolute atomic E-state index is 4.18. The first kappa shape index (κ1) is 12.3. The molecular formula is C15H15N5. The van der Waals surface area contributed by atoms with Crippen molar-refractivity contribution in [3.05, 3.63) is 66.6 Å². The number of nitrogens with zero attached hydrogens (tertiary/aromatic N) is 4. The summed E-state index contributed by atoms with van der Waals surface area (Å²) >= 11 is 0. The molecule has 5 heteroatoms. The van der Waals surface area contributed by atoms with E-state index in [1.807, 2.05) is 23.8 Å². The number of nitrogens with one attached hydrogen (secondary N) is 1.